The Morgan fingerprint density at radius 3 is 2.46 bits per heavy atom. The predicted octanol–water partition coefficient (Wildman–Crippen LogP) is 3.44. The molecule has 0 radical (unpaired) electrons. The number of nitriles is 1. The van der Waals surface area contributed by atoms with Crippen molar-refractivity contribution >= 4 is 23.5 Å². The molecule has 0 saturated carbocycles. The molecule has 0 fully saturated rings. The van der Waals surface area contributed by atoms with Crippen LogP contribution in [0, 0.1) is 11.3 Å². The van der Waals surface area contributed by atoms with Crippen molar-refractivity contribution in [1.29, 1.82) is 5.26 Å². The van der Waals surface area contributed by atoms with Gasteiger partial charge in [-0.25, -0.2) is 0 Å². The lowest BCUT2D eigenvalue weighted by molar-refractivity contribution is -0.112. The monoisotopic (exact) mass is 320 g/mol. The second kappa shape index (κ2) is 7.75. The molecule has 2 aromatic rings. The van der Waals surface area contributed by atoms with E-state index in [9.17, 15) is 14.9 Å². The molecule has 120 valence electrons. The Hall–Kier alpha value is -3.39. The largest absolute Gasteiger partial charge is 0.497 e. The van der Waals surface area contributed by atoms with E-state index >= 15 is 0 Å². The van der Waals surface area contributed by atoms with Crippen LogP contribution >= 0.6 is 0 Å². The minimum Gasteiger partial charge on any atom is -0.497 e. The zero-order valence-corrected chi connectivity index (χ0v) is 13.4. The van der Waals surface area contributed by atoms with Gasteiger partial charge in [0.05, 0.1) is 7.11 Å². The minimum absolute atomic E-state index is 0.0339. The van der Waals surface area contributed by atoms with E-state index in [2.05, 4.69) is 5.32 Å². The maximum Gasteiger partial charge on any atom is 0.266 e. The number of ether oxygens (including phenoxy) is 1. The predicted molar refractivity (Wildman–Crippen MR) is 91.7 cm³/mol. The number of benzene rings is 2. The number of amides is 1. The maximum absolute atomic E-state index is 12.2. The van der Waals surface area contributed by atoms with Crippen LogP contribution in [0.5, 0.6) is 5.75 Å². The summed E-state index contributed by atoms with van der Waals surface area (Å²) in [6.07, 6.45) is 1.49. The van der Waals surface area contributed by atoms with E-state index in [1.165, 1.54) is 13.0 Å². The maximum atomic E-state index is 12.2. The lowest BCUT2D eigenvalue weighted by Crippen LogP contribution is -2.13. The number of carbonyl (C=O) groups excluding carboxylic acids is 2. The van der Waals surface area contributed by atoms with E-state index in [1.807, 2.05) is 6.07 Å². The van der Waals surface area contributed by atoms with Gasteiger partial charge in [-0.15, -0.1) is 0 Å². The van der Waals surface area contributed by atoms with Crippen LogP contribution in [0.25, 0.3) is 6.08 Å². The standard InChI is InChI=1S/C19H16N2O3/c1-13(22)15-4-3-5-17(11-15)21-19(23)16(12-20)10-14-6-8-18(24-2)9-7-14/h3-11H,1-2H3,(H,21,23)/b16-10-. The van der Waals surface area contributed by atoms with Crippen LogP contribution in [0.1, 0.15) is 22.8 Å². The molecule has 0 aliphatic rings. The number of hydrogen-bond acceptors (Lipinski definition) is 4. The number of carbonyl (C=O) groups is 2. The first kappa shape index (κ1) is 17.0. The number of hydrogen-bond donors (Lipinski definition) is 1. The number of rotatable bonds is 5. The third-order valence-corrected chi connectivity index (χ3v) is 3.32. The fourth-order valence-corrected chi connectivity index (χ4v) is 2.03. The number of nitrogens with zero attached hydrogens (tertiary/aromatic N) is 1. The van der Waals surface area contributed by atoms with Crippen LogP contribution in [0.2, 0.25) is 0 Å². The number of Topliss-reactive ketones (excluding diaryl/α,β-unsaturated/α-hetero) is 1. The Kier molecular flexibility index (Phi) is 5.48. The summed E-state index contributed by atoms with van der Waals surface area (Å²) < 4.78 is 5.06. The van der Waals surface area contributed by atoms with Gasteiger partial charge in [0.25, 0.3) is 5.91 Å². The van der Waals surface area contributed by atoms with Crippen molar-refractivity contribution in [2.75, 3.05) is 12.4 Å². The fourth-order valence-electron chi connectivity index (χ4n) is 2.03. The van der Waals surface area contributed by atoms with Gasteiger partial charge in [-0.2, -0.15) is 5.26 Å². The molecule has 0 saturated heterocycles. The van der Waals surface area contributed by atoms with Gasteiger partial charge in [-0.3, -0.25) is 9.59 Å². The lowest BCUT2D eigenvalue weighted by atomic mass is 10.1. The average molecular weight is 320 g/mol. The van der Waals surface area contributed by atoms with Crippen molar-refractivity contribution in [2.45, 2.75) is 6.92 Å². The molecule has 0 heterocycles. The van der Waals surface area contributed by atoms with E-state index in [0.717, 1.165) is 0 Å². The summed E-state index contributed by atoms with van der Waals surface area (Å²) in [4.78, 5) is 23.6. The van der Waals surface area contributed by atoms with Crippen molar-refractivity contribution < 1.29 is 14.3 Å². The zero-order valence-electron chi connectivity index (χ0n) is 13.4. The van der Waals surface area contributed by atoms with Gasteiger partial charge in [0, 0.05) is 11.3 Å². The van der Waals surface area contributed by atoms with Crippen molar-refractivity contribution in [3.8, 4) is 11.8 Å². The molecule has 0 spiro atoms. The normalized spacial score (nSPS) is 10.6. The molecule has 1 amide bonds. The van der Waals surface area contributed by atoms with Crippen molar-refractivity contribution in [3.63, 3.8) is 0 Å². The highest BCUT2D eigenvalue weighted by atomic mass is 16.5. The summed E-state index contributed by atoms with van der Waals surface area (Å²) in [5.41, 5.74) is 1.63. The number of nitrogens with one attached hydrogen (secondary N) is 1. The molecule has 5 nitrogen and oxygen atoms in total. The summed E-state index contributed by atoms with van der Waals surface area (Å²) in [7, 11) is 1.56. The molecule has 2 aromatic carbocycles. The molecular formula is C19H16N2O3. The van der Waals surface area contributed by atoms with Crippen LogP contribution in [0.3, 0.4) is 0 Å². The van der Waals surface area contributed by atoms with E-state index < -0.39 is 5.91 Å². The highest BCUT2D eigenvalue weighted by Crippen LogP contribution is 2.16. The molecule has 5 heteroatoms. The number of methoxy groups -OCH3 is 1. The first-order chi connectivity index (χ1) is 11.5. The summed E-state index contributed by atoms with van der Waals surface area (Å²) in [5, 5.41) is 11.8. The van der Waals surface area contributed by atoms with Gasteiger partial charge in [-0.1, -0.05) is 24.3 Å². The highest BCUT2D eigenvalue weighted by molar-refractivity contribution is 6.10. The number of anilines is 1. The Bertz CT molecular complexity index is 830. The van der Waals surface area contributed by atoms with Gasteiger partial charge in [-0.05, 0) is 42.8 Å². The molecule has 0 aliphatic carbocycles. The topological polar surface area (TPSA) is 79.2 Å². The quantitative estimate of drug-likeness (QED) is 0.520. The first-order valence-electron chi connectivity index (χ1n) is 7.21. The molecule has 0 unspecified atom stereocenters. The first-order valence-corrected chi connectivity index (χ1v) is 7.21. The van der Waals surface area contributed by atoms with E-state index in [0.29, 0.717) is 22.6 Å². The summed E-state index contributed by atoms with van der Waals surface area (Å²) in [6.45, 7) is 1.45. The third kappa shape index (κ3) is 4.31. The van der Waals surface area contributed by atoms with Crippen molar-refractivity contribution in [1.82, 2.24) is 0 Å². The molecular weight excluding hydrogens is 304 g/mol. The minimum atomic E-state index is -0.533. The SMILES string of the molecule is COc1ccc(/C=C(/C#N)C(=O)Nc2cccc(C(C)=O)c2)cc1. The van der Waals surface area contributed by atoms with E-state index in [-0.39, 0.29) is 11.4 Å². The molecule has 0 aliphatic heterocycles. The highest BCUT2D eigenvalue weighted by Gasteiger charge is 2.10. The van der Waals surface area contributed by atoms with Crippen LogP contribution in [-0.4, -0.2) is 18.8 Å². The van der Waals surface area contributed by atoms with Gasteiger partial charge >= 0.3 is 0 Å². The smallest absolute Gasteiger partial charge is 0.266 e. The lowest BCUT2D eigenvalue weighted by Gasteiger charge is -2.06. The van der Waals surface area contributed by atoms with E-state index in [1.54, 1.807) is 55.6 Å². The second-order valence-electron chi connectivity index (χ2n) is 5.03. The number of ketones is 1. The fraction of sp³-hybridized carbons (Fsp3) is 0.105. The van der Waals surface area contributed by atoms with Crippen LogP contribution in [0.15, 0.2) is 54.1 Å². The molecule has 2 rings (SSSR count). The Labute approximate surface area is 140 Å². The van der Waals surface area contributed by atoms with Crippen LogP contribution in [-0.2, 0) is 4.79 Å². The molecule has 0 atom stereocenters. The Balaban J connectivity index is 2.19. The molecule has 0 bridgehead atoms. The second-order valence-corrected chi connectivity index (χ2v) is 5.03. The Morgan fingerprint density at radius 2 is 1.88 bits per heavy atom. The summed E-state index contributed by atoms with van der Waals surface area (Å²) in [6, 6.07) is 15.4. The van der Waals surface area contributed by atoms with Gasteiger partial charge < -0.3 is 10.1 Å². The van der Waals surface area contributed by atoms with Crippen LogP contribution in [0.4, 0.5) is 5.69 Å². The van der Waals surface area contributed by atoms with Gasteiger partial charge in [0.2, 0.25) is 0 Å². The van der Waals surface area contributed by atoms with Crippen molar-refractivity contribution in [3.05, 3.63) is 65.2 Å². The van der Waals surface area contributed by atoms with Crippen LogP contribution < -0.4 is 10.1 Å². The zero-order chi connectivity index (χ0) is 17.5. The van der Waals surface area contributed by atoms with Crippen molar-refractivity contribution in [2.24, 2.45) is 0 Å². The summed E-state index contributed by atoms with van der Waals surface area (Å²) in [5.74, 6) is 0.0607. The third-order valence-electron chi connectivity index (χ3n) is 3.32. The van der Waals surface area contributed by atoms with Gasteiger partial charge in [0.1, 0.15) is 17.4 Å². The molecule has 1 N–H and O–H groups in total. The summed E-state index contributed by atoms with van der Waals surface area (Å²) >= 11 is 0. The molecule has 0 aromatic heterocycles. The molecule has 24 heavy (non-hydrogen) atoms. The average Bonchev–Trinajstić information content (AvgIpc) is 2.60. The Morgan fingerprint density at radius 1 is 1.17 bits per heavy atom. The van der Waals surface area contributed by atoms with E-state index in [4.69, 9.17) is 4.74 Å². The van der Waals surface area contributed by atoms with Gasteiger partial charge in [0.15, 0.2) is 5.78 Å².